The Kier molecular flexibility index (Phi) is 17.0. The summed E-state index contributed by atoms with van der Waals surface area (Å²) < 4.78 is 21.7. The minimum Gasteiger partial charge on any atom is -0.460 e. The molecule has 0 saturated heterocycles. The first kappa shape index (κ1) is 41.4. The second-order valence-electron chi connectivity index (χ2n) is 14.9. The van der Waals surface area contributed by atoms with E-state index in [4.69, 9.17) is 18.9 Å². The largest absolute Gasteiger partial charge is 0.460 e. The maximum atomic E-state index is 13.3. The zero-order chi connectivity index (χ0) is 35.7. The Labute approximate surface area is 281 Å². The average molecular weight is 663 g/mol. The van der Waals surface area contributed by atoms with E-state index in [2.05, 4.69) is 10.6 Å². The molecule has 1 aromatic rings. The molecule has 47 heavy (non-hydrogen) atoms. The molecule has 266 valence electrons. The van der Waals surface area contributed by atoms with Crippen LogP contribution in [0.25, 0.3) is 0 Å². The zero-order valence-electron chi connectivity index (χ0n) is 30.0. The van der Waals surface area contributed by atoms with Gasteiger partial charge in [-0.05, 0) is 100.0 Å². The molecule has 0 atom stereocenters. The van der Waals surface area contributed by atoms with Crippen LogP contribution >= 0.6 is 0 Å². The molecule has 0 fully saturated rings. The minimum absolute atomic E-state index is 0.0216. The normalized spacial score (nSPS) is 12.1. The molecule has 0 aliphatic rings. The lowest BCUT2D eigenvalue weighted by molar-refractivity contribution is -0.155. The lowest BCUT2D eigenvalue weighted by Gasteiger charge is -2.36. The summed E-state index contributed by atoms with van der Waals surface area (Å²) in [5, 5.41) is 5.79. The minimum atomic E-state index is -1.06. The fraction of sp³-hybridized carbons (Fsp3) is 0.694. The van der Waals surface area contributed by atoms with Gasteiger partial charge in [-0.15, -0.1) is 0 Å². The molecule has 0 aromatic heterocycles. The number of esters is 3. The number of hydrogen-bond acceptors (Lipinski definition) is 9. The van der Waals surface area contributed by atoms with Crippen molar-refractivity contribution in [3.8, 4) is 0 Å². The summed E-state index contributed by atoms with van der Waals surface area (Å²) in [6, 6.07) is 9.39. The van der Waals surface area contributed by atoms with Crippen molar-refractivity contribution in [3.63, 3.8) is 0 Å². The maximum absolute atomic E-state index is 13.3. The quantitative estimate of drug-likeness (QED) is 0.0997. The molecule has 0 aliphatic carbocycles. The molecule has 0 bridgehead atoms. The number of unbranched alkanes of at least 4 members (excludes halogenated alkanes) is 2. The highest BCUT2D eigenvalue weighted by molar-refractivity contribution is 5.78. The Balaban J connectivity index is 2.87. The Morgan fingerprint density at radius 3 is 1.47 bits per heavy atom. The van der Waals surface area contributed by atoms with Gasteiger partial charge in [0.25, 0.3) is 0 Å². The summed E-state index contributed by atoms with van der Waals surface area (Å²) in [5.74, 6) is -1.60. The first-order chi connectivity index (χ1) is 21.7. The fourth-order valence-electron chi connectivity index (χ4n) is 4.67. The Morgan fingerprint density at radius 1 is 0.596 bits per heavy atom. The standard InChI is InChI=1S/C36H58N2O9/c1-33(2,3)45-29(40)19-22-36(23-20-30(41)46-34(4,5)6,24-21-31(42)47-35(7,8)9)38-28(39)18-14-11-15-25-37-32(43)44-26-27-16-12-10-13-17-27/h10,12-13,16-17H,11,14-15,18-26H2,1-9H3,(H,37,43)(H,38,39). The molecule has 1 aromatic carbocycles. The highest BCUT2D eigenvalue weighted by Crippen LogP contribution is 2.29. The Hall–Kier alpha value is -3.63. The van der Waals surface area contributed by atoms with E-state index >= 15 is 0 Å². The zero-order valence-corrected chi connectivity index (χ0v) is 30.0. The summed E-state index contributed by atoms with van der Waals surface area (Å²) in [6.45, 7) is 16.5. The van der Waals surface area contributed by atoms with Gasteiger partial charge >= 0.3 is 24.0 Å². The van der Waals surface area contributed by atoms with E-state index in [0.717, 1.165) is 5.56 Å². The van der Waals surface area contributed by atoms with Gasteiger partial charge in [-0.3, -0.25) is 19.2 Å². The van der Waals surface area contributed by atoms with Gasteiger partial charge in [-0.2, -0.15) is 0 Å². The van der Waals surface area contributed by atoms with Crippen LogP contribution in [0.5, 0.6) is 0 Å². The van der Waals surface area contributed by atoms with Crippen LogP contribution in [0, 0.1) is 0 Å². The number of nitrogens with one attached hydrogen (secondary N) is 2. The van der Waals surface area contributed by atoms with Crippen molar-refractivity contribution < 1.29 is 42.9 Å². The first-order valence-electron chi connectivity index (χ1n) is 16.6. The van der Waals surface area contributed by atoms with Crippen LogP contribution in [0.1, 0.15) is 132 Å². The molecule has 0 aliphatic heterocycles. The van der Waals surface area contributed by atoms with Gasteiger partial charge in [-0.25, -0.2) is 4.79 Å². The van der Waals surface area contributed by atoms with Gasteiger partial charge in [0, 0.05) is 37.8 Å². The third kappa shape index (κ3) is 21.7. The van der Waals surface area contributed by atoms with Gasteiger partial charge < -0.3 is 29.6 Å². The maximum Gasteiger partial charge on any atom is 0.407 e. The van der Waals surface area contributed by atoms with Crippen molar-refractivity contribution in [1.82, 2.24) is 10.6 Å². The number of benzene rings is 1. The van der Waals surface area contributed by atoms with E-state index in [-0.39, 0.29) is 57.5 Å². The van der Waals surface area contributed by atoms with Gasteiger partial charge in [0.05, 0.1) is 0 Å². The van der Waals surface area contributed by atoms with Crippen LogP contribution in [0.2, 0.25) is 0 Å². The average Bonchev–Trinajstić information content (AvgIpc) is 2.92. The molecule has 0 saturated carbocycles. The van der Waals surface area contributed by atoms with E-state index in [1.165, 1.54) is 0 Å². The van der Waals surface area contributed by atoms with Gasteiger partial charge in [0.1, 0.15) is 23.4 Å². The fourth-order valence-corrected chi connectivity index (χ4v) is 4.67. The third-order valence-electron chi connectivity index (χ3n) is 6.65. The predicted octanol–water partition coefficient (Wildman–Crippen LogP) is 6.69. The SMILES string of the molecule is CC(C)(C)OC(=O)CCC(CCC(=O)OC(C)(C)C)(CCC(=O)OC(C)(C)C)NC(=O)CCCCCNC(=O)OCc1ccccc1. The van der Waals surface area contributed by atoms with E-state index in [0.29, 0.717) is 25.8 Å². The third-order valence-corrected chi connectivity index (χ3v) is 6.65. The molecule has 0 unspecified atom stereocenters. The van der Waals surface area contributed by atoms with Crippen molar-refractivity contribution in [2.75, 3.05) is 6.54 Å². The van der Waals surface area contributed by atoms with E-state index < -0.39 is 46.3 Å². The second-order valence-corrected chi connectivity index (χ2v) is 14.9. The summed E-state index contributed by atoms with van der Waals surface area (Å²) >= 11 is 0. The molecule has 0 radical (unpaired) electrons. The number of amides is 2. The van der Waals surface area contributed by atoms with Crippen molar-refractivity contribution in [2.45, 2.75) is 155 Å². The Morgan fingerprint density at radius 2 is 1.04 bits per heavy atom. The van der Waals surface area contributed by atoms with Crippen molar-refractivity contribution in [3.05, 3.63) is 35.9 Å². The molecule has 11 nitrogen and oxygen atoms in total. The molecule has 11 heteroatoms. The second kappa shape index (κ2) is 19.3. The summed E-state index contributed by atoms with van der Waals surface area (Å²) in [6.07, 6.45) is 1.97. The molecular weight excluding hydrogens is 604 g/mol. The first-order valence-corrected chi connectivity index (χ1v) is 16.6. The number of carbonyl (C=O) groups excluding carboxylic acids is 5. The van der Waals surface area contributed by atoms with Crippen LogP contribution in [-0.4, -0.2) is 58.8 Å². The van der Waals surface area contributed by atoms with Crippen LogP contribution in [0.4, 0.5) is 4.79 Å². The lowest BCUT2D eigenvalue weighted by Crippen LogP contribution is -2.50. The highest BCUT2D eigenvalue weighted by Gasteiger charge is 2.35. The smallest absolute Gasteiger partial charge is 0.407 e. The summed E-state index contributed by atoms with van der Waals surface area (Å²) in [4.78, 5) is 63.4. The van der Waals surface area contributed by atoms with E-state index in [9.17, 15) is 24.0 Å². The highest BCUT2D eigenvalue weighted by atomic mass is 16.6. The van der Waals surface area contributed by atoms with Gasteiger partial charge in [-0.1, -0.05) is 36.8 Å². The van der Waals surface area contributed by atoms with Crippen molar-refractivity contribution in [2.24, 2.45) is 0 Å². The Bertz CT molecular complexity index is 1070. The molecule has 2 amide bonds. The van der Waals surface area contributed by atoms with Crippen molar-refractivity contribution in [1.29, 1.82) is 0 Å². The molecule has 0 heterocycles. The summed E-state index contributed by atoms with van der Waals surface area (Å²) in [7, 11) is 0. The van der Waals surface area contributed by atoms with Gasteiger partial charge in [0.15, 0.2) is 0 Å². The van der Waals surface area contributed by atoms with Crippen LogP contribution in [0.3, 0.4) is 0 Å². The molecule has 0 spiro atoms. The van der Waals surface area contributed by atoms with E-state index in [1.54, 1.807) is 62.3 Å². The number of ether oxygens (including phenoxy) is 4. The number of rotatable bonds is 18. The van der Waals surface area contributed by atoms with Crippen LogP contribution < -0.4 is 10.6 Å². The topological polar surface area (TPSA) is 146 Å². The van der Waals surface area contributed by atoms with Gasteiger partial charge in [0.2, 0.25) is 5.91 Å². The number of hydrogen-bond donors (Lipinski definition) is 2. The molecule has 1 rings (SSSR count). The van der Waals surface area contributed by atoms with E-state index in [1.807, 2.05) is 30.3 Å². The molecule has 2 N–H and O–H groups in total. The molecular formula is C36H58N2O9. The van der Waals surface area contributed by atoms with Crippen LogP contribution in [-0.2, 0) is 44.7 Å². The number of alkyl carbamates (subject to hydrolysis) is 1. The summed E-state index contributed by atoms with van der Waals surface area (Å²) in [5.41, 5.74) is -2.24. The van der Waals surface area contributed by atoms with Crippen LogP contribution in [0.15, 0.2) is 30.3 Å². The predicted molar refractivity (Wildman–Crippen MR) is 179 cm³/mol. The monoisotopic (exact) mass is 662 g/mol. The van der Waals surface area contributed by atoms with Crippen molar-refractivity contribution >= 4 is 29.9 Å². The number of carbonyl (C=O) groups is 5. The lowest BCUT2D eigenvalue weighted by atomic mass is 9.83.